The number of nitrogens with zero attached hydrogens (tertiary/aromatic N) is 1. The monoisotopic (exact) mass is 242 g/mol. The summed E-state index contributed by atoms with van der Waals surface area (Å²) in [5.74, 6) is 5.45. The van der Waals surface area contributed by atoms with Gasteiger partial charge in [-0.25, -0.2) is 0 Å². The Morgan fingerprint density at radius 2 is 2.22 bits per heavy atom. The number of amides is 1. The highest BCUT2D eigenvalue weighted by molar-refractivity contribution is 5.93. The van der Waals surface area contributed by atoms with Crippen molar-refractivity contribution < 1.29 is 4.79 Å². The second kappa shape index (κ2) is 6.11. The average Bonchev–Trinajstić information content (AvgIpc) is 2.87. The van der Waals surface area contributed by atoms with Gasteiger partial charge in [0.1, 0.15) is 0 Å². The lowest BCUT2D eigenvalue weighted by Gasteiger charge is -2.18. The van der Waals surface area contributed by atoms with Crippen molar-refractivity contribution in [3.8, 4) is 11.8 Å². The lowest BCUT2D eigenvalue weighted by atomic mass is 10.1. The Bertz CT molecular complexity index is 458. The Kier molecular flexibility index (Phi) is 4.25. The van der Waals surface area contributed by atoms with Crippen LogP contribution in [0.5, 0.6) is 0 Å². The molecule has 1 aromatic carbocycles. The van der Waals surface area contributed by atoms with Crippen LogP contribution in [0.25, 0.3) is 0 Å². The van der Waals surface area contributed by atoms with Gasteiger partial charge in [-0.3, -0.25) is 4.79 Å². The van der Waals surface area contributed by atoms with E-state index in [4.69, 9.17) is 0 Å². The van der Waals surface area contributed by atoms with E-state index in [2.05, 4.69) is 46.3 Å². The van der Waals surface area contributed by atoms with Crippen LogP contribution in [0.3, 0.4) is 0 Å². The molecule has 1 heterocycles. The van der Waals surface area contributed by atoms with Gasteiger partial charge in [0.05, 0.1) is 0 Å². The Labute approximate surface area is 108 Å². The summed E-state index contributed by atoms with van der Waals surface area (Å²) in [6.45, 7) is 4.46. The van der Waals surface area contributed by atoms with Gasteiger partial charge >= 0.3 is 0 Å². The lowest BCUT2D eigenvalue weighted by Crippen LogP contribution is -2.30. The minimum atomic E-state index is -0.171. The Balaban J connectivity index is 1.81. The summed E-state index contributed by atoms with van der Waals surface area (Å²) in [4.78, 5) is 13.6. The predicted octanol–water partition coefficient (Wildman–Crippen LogP) is 1.65. The quantitative estimate of drug-likeness (QED) is 0.817. The normalized spacial score (nSPS) is 18.1. The molecule has 94 valence electrons. The van der Waals surface area contributed by atoms with Crippen LogP contribution in [0, 0.1) is 17.8 Å². The van der Waals surface area contributed by atoms with Crippen LogP contribution in [-0.4, -0.2) is 25.5 Å². The van der Waals surface area contributed by atoms with Crippen LogP contribution in [0.4, 0.5) is 5.69 Å². The van der Waals surface area contributed by atoms with Crippen LogP contribution in [0.1, 0.15) is 13.3 Å². The second-order valence-corrected chi connectivity index (χ2v) is 4.52. The molecular weight excluding hydrogens is 224 g/mol. The van der Waals surface area contributed by atoms with Crippen molar-refractivity contribution in [1.82, 2.24) is 5.32 Å². The fourth-order valence-corrected chi connectivity index (χ4v) is 2.27. The smallest absolute Gasteiger partial charge is 0.295 e. The summed E-state index contributed by atoms with van der Waals surface area (Å²) in [6, 6.07) is 10.4. The molecule has 1 aliphatic rings. The molecule has 1 amide bonds. The second-order valence-electron chi connectivity index (χ2n) is 4.52. The maximum Gasteiger partial charge on any atom is 0.295 e. The van der Waals surface area contributed by atoms with Crippen LogP contribution >= 0.6 is 0 Å². The van der Waals surface area contributed by atoms with Crippen molar-refractivity contribution in [2.75, 3.05) is 24.5 Å². The standard InChI is InChI=1S/C15H18N2O/c1-2-6-15(18)16-11-13-9-10-17(12-13)14-7-4-3-5-8-14/h3-5,7-8,13H,9-12H2,1H3,(H,16,18). The first-order valence-electron chi connectivity index (χ1n) is 6.30. The summed E-state index contributed by atoms with van der Waals surface area (Å²) in [5, 5.41) is 2.86. The molecule has 1 unspecified atom stereocenters. The SMILES string of the molecule is CC#CC(=O)NCC1CCN(c2ccccc2)C1. The molecule has 0 radical (unpaired) electrons. The molecule has 0 spiro atoms. The topological polar surface area (TPSA) is 32.3 Å². The van der Waals surface area contributed by atoms with Gasteiger partial charge in [-0.1, -0.05) is 24.1 Å². The highest BCUT2D eigenvalue weighted by Crippen LogP contribution is 2.22. The van der Waals surface area contributed by atoms with E-state index < -0.39 is 0 Å². The minimum Gasteiger partial charge on any atom is -0.371 e. The molecule has 0 saturated carbocycles. The minimum absolute atomic E-state index is 0.171. The maximum absolute atomic E-state index is 11.3. The third-order valence-corrected chi connectivity index (χ3v) is 3.20. The molecule has 3 heteroatoms. The number of para-hydroxylation sites is 1. The summed E-state index contributed by atoms with van der Waals surface area (Å²) < 4.78 is 0. The Morgan fingerprint density at radius 3 is 2.94 bits per heavy atom. The Morgan fingerprint density at radius 1 is 1.44 bits per heavy atom. The van der Waals surface area contributed by atoms with E-state index in [-0.39, 0.29) is 5.91 Å². The molecule has 0 aromatic heterocycles. The van der Waals surface area contributed by atoms with Gasteiger partial charge in [-0.2, -0.15) is 0 Å². The molecule has 18 heavy (non-hydrogen) atoms. The van der Waals surface area contributed by atoms with Crippen molar-refractivity contribution in [2.45, 2.75) is 13.3 Å². The molecular formula is C15H18N2O. The molecule has 1 atom stereocenters. The fourth-order valence-electron chi connectivity index (χ4n) is 2.27. The zero-order valence-corrected chi connectivity index (χ0v) is 10.6. The van der Waals surface area contributed by atoms with Crippen LogP contribution < -0.4 is 10.2 Å². The average molecular weight is 242 g/mol. The number of benzene rings is 1. The number of carbonyl (C=O) groups is 1. The summed E-state index contributed by atoms with van der Waals surface area (Å²) in [7, 11) is 0. The van der Waals surface area contributed by atoms with E-state index >= 15 is 0 Å². The van der Waals surface area contributed by atoms with Crippen molar-refractivity contribution in [2.24, 2.45) is 5.92 Å². The zero-order valence-electron chi connectivity index (χ0n) is 10.6. The summed E-state index contributed by atoms with van der Waals surface area (Å²) >= 11 is 0. The van der Waals surface area contributed by atoms with Gasteiger partial charge < -0.3 is 10.2 Å². The fraction of sp³-hybridized carbons (Fsp3) is 0.400. The van der Waals surface area contributed by atoms with Crippen molar-refractivity contribution in [3.63, 3.8) is 0 Å². The molecule has 1 fully saturated rings. The van der Waals surface area contributed by atoms with Gasteiger partial charge in [0.2, 0.25) is 0 Å². The highest BCUT2D eigenvalue weighted by atomic mass is 16.1. The van der Waals surface area contributed by atoms with Crippen LogP contribution in [0.2, 0.25) is 0 Å². The number of rotatable bonds is 3. The third kappa shape index (κ3) is 3.27. The van der Waals surface area contributed by atoms with E-state index in [1.807, 2.05) is 6.07 Å². The third-order valence-electron chi connectivity index (χ3n) is 3.20. The highest BCUT2D eigenvalue weighted by Gasteiger charge is 2.22. The first-order chi connectivity index (χ1) is 8.79. The van der Waals surface area contributed by atoms with Crippen LogP contribution in [0.15, 0.2) is 30.3 Å². The first kappa shape index (κ1) is 12.5. The van der Waals surface area contributed by atoms with Crippen molar-refractivity contribution in [3.05, 3.63) is 30.3 Å². The van der Waals surface area contributed by atoms with E-state index in [0.717, 1.165) is 26.1 Å². The molecule has 2 rings (SSSR count). The van der Waals surface area contributed by atoms with Gasteiger partial charge in [-0.15, -0.1) is 0 Å². The number of anilines is 1. The van der Waals surface area contributed by atoms with Gasteiger partial charge in [0.15, 0.2) is 0 Å². The molecule has 1 aliphatic heterocycles. The molecule has 0 aliphatic carbocycles. The van der Waals surface area contributed by atoms with Gasteiger partial charge in [0, 0.05) is 25.3 Å². The molecule has 3 nitrogen and oxygen atoms in total. The van der Waals surface area contributed by atoms with Crippen molar-refractivity contribution in [1.29, 1.82) is 0 Å². The molecule has 1 saturated heterocycles. The van der Waals surface area contributed by atoms with E-state index in [0.29, 0.717) is 5.92 Å². The molecule has 0 bridgehead atoms. The molecule has 1 aromatic rings. The largest absolute Gasteiger partial charge is 0.371 e. The van der Waals surface area contributed by atoms with Crippen molar-refractivity contribution >= 4 is 11.6 Å². The summed E-state index contributed by atoms with van der Waals surface area (Å²) in [5.41, 5.74) is 1.26. The maximum atomic E-state index is 11.3. The lowest BCUT2D eigenvalue weighted by molar-refractivity contribution is -0.115. The number of carbonyl (C=O) groups excluding carboxylic acids is 1. The Hall–Kier alpha value is -1.95. The molecule has 1 N–H and O–H groups in total. The number of hydrogen-bond acceptors (Lipinski definition) is 2. The van der Waals surface area contributed by atoms with E-state index in [1.54, 1.807) is 6.92 Å². The first-order valence-corrected chi connectivity index (χ1v) is 6.30. The van der Waals surface area contributed by atoms with Gasteiger partial charge in [0.25, 0.3) is 5.91 Å². The number of nitrogens with one attached hydrogen (secondary N) is 1. The van der Waals surface area contributed by atoms with E-state index in [9.17, 15) is 4.79 Å². The zero-order chi connectivity index (χ0) is 12.8. The predicted molar refractivity (Wildman–Crippen MR) is 73.2 cm³/mol. The number of hydrogen-bond donors (Lipinski definition) is 1. The van der Waals surface area contributed by atoms with E-state index in [1.165, 1.54) is 5.69 Å². The van der Waals surface area contributed by atoms with Gasteiger partial charge in [-0.05, 0) is 37.3 Å². The van der Waals surface area contributed by atoms with Crippen LogP contribution in [-0.2, 0) is 4.79 Å². The summed E-state index contributed by atoms with van der Waals surface area (Å²) in [6.07, 6.45) is 1.12.